The predicted molar refractivity (Wildman–Crippen MR) is 142 cm³/mol. The van der Waals surface area contributed by atoms with Gasteiger partial charge in [0.05, 0.1) is 18.9 Å². The van der Waals surface area contributed by atoms with Crippen molar-refractivity contribution in [2.24, 2.45) is 5.10 Å². The normalized spacial score (nSPS) is 10.8. The van der Waals surface area contributed by atoms with Crippen LogP contribution in [0.3, 0.4) is 0 Å². The Balaban J connectivity index is 1.54. The van der Waals surface area contributed by atoms with Crippen molar-refractivity contribution in [3.8, 4) is 11.5 Å². The lowest BCUT2D eigenvalue weighted by Gasteiger charge is -2.11. The molecule has 0 aromatic heterocycles. The number of ether oxygens (including phenoxy) is 2. The maximum absolute atomic E-state index is 12.8. The number of carbonyl (C=O) groups excluding carboxylic acids is 3. The molecule has 186 valence electrons. The SMILES string of the molecule is COc1ccc(C(=O)Oc2ccc3ccccc3c2/C=N/NC(=O)C(=O)Nc2cccc(Cl)c2C)cc1. The molecule has 0 bridgehead atoms. The van der Waals surface area contributed by atoms with Gasteiger partial charge in [-0.15, -0.1) is 0 Å². The van der Waals surface area contributed by atoms with E-state index in [2.05, 4.69) is 15.8 Å². The van der Waals surface area contributed by atoms with Gasteiger partial charge >= 0.3 is 17.8 Å². The van der Waals surface area contributed by atoms with Crippen LogP contribution >= 0.6 is 11.6 Å². The number of amides is 2. The van der Waals surface area contributed by atoms with Crippen molar-refractivity contribution < 1.29 is 23.9 Å². The van der Waals surface area contributed by atoms with Crippen molar-refractivity contribution in [1.82, 2.24) is 5.43 Å². The third-order valence-electron chi connectivity index (χ3n) is 5.54. The number of hydrogen-bond acceptors (Lipinski definition) is 6. The van der Waals surface area contributed by atoms with Gasteiger partial charge < -0.3 is 14.8 Å². The summed E-state index contributed by atoms with van der Waals surface area (Å²) >= 11 is 6.06. The lowest BCUT2D eigenvalue weighted by atomic mass is 10.0. The van der Waals surface area contributed by atoms with E-state index in [9.17, 15) is 14.4 Å². The van der Waals surface area contributed by atoms with Crippen LogP contribution in [0.4, 0.5) is 5.69 Å². The molecule has 0 heterocycles. The van der Waals surface area contributed by atoms with Gasteiger partial charge in [0.2, 0.25) is 0 Å². The summed E-state index contributed by atoms with van der Waals surface area (Å²) in [6.45, 7) is 1.73. The first-order chi connectivity index (χ1) is 17.9. The summed E-state index contributed by atoms with van der Waals surface area (Å²) in [4.78, 5) is 37.4. The molecule has 0 aliphatic rings. The van der Waals surface area contributed by atoms with Crippen LogP contribution in [0.15, 0.2) is 84.0 Å². The van der Waals surface area contributed by atoms with E-state index in [1.807, 2.05) is 30.3 Å². The molecule has 4 rings (SSSR count). The maximum atomic E-state index is 12.8. The van der Waals surface area contributed by atoms with Gasteiger partial charge in [-0.2, -0.15) is 5.10 Å². The lowest BCUT2D eigenvalue weighted by Crippen LogP contribution is -2.32. The predicted octanol–water partition coefficient (Wildman–Crippen LogP) is 5.12. The standard InChI is InChI=1S/C28H22ClN3O5/c1-17-23(29)8-5-9-24(17)31-26(33)27(34)32-30-16-22-21-7-4-3-6-18(21)12-15-25(22)37-28(35)19-10-13-20(36-2)14-11-19/h3-16H,1-2H3,(H,31,33)(H,32,34)/b30-16+. The van der Waals surface area contributed by atoms with E-state index in [1.165, 1.54) is 13.3 Å². The van der Waals surface area contributed by atoms with Crippen molar-refractivity contribution in [2.75, 3.05) is 12.4 Å². The molecule has 0 saturated carbocycles. The summed E-state index contributed by atoms with van der Waals surface area (Å²) in [5, 5.41) is 8.51. The van der Waals surface area contributed by atoms with Gasteiger partial charge in [0, 0.05) is 16.3 Å². The fourth-order valence-electron chi connectivity index (χ4n) is 3.51. The molecule has 0 aliphatic carbocycles. The zero-order valence-electron chi connectivity index (χ0n) is 19.9. The molecule has 2 amide bonds. The van der Waals surface area contributed by atoms with Gasteiger partial charge in [-0.25, -0.2) is 10.2 Å². The molecule has 4 aromatic carbocycles. The van der Waals surface area contributed by atoms with Crippen molar-refractivity contribution in [3.05, 3.63) is 101 Å². The van der Waals surface area contributed by atoms with Crippen LogP contribution in [0.5, 0.6) is 11.5 Å². The topological polar surface area (TPSA) is 106 Å². The van der Waals surface area contributed by atoms with Gasteiger partial charge in [0.15, 0.2) is 0 Å². The lowest BCUT2D eigenvalue weighted by molar-refractivity contribution is -0.136. The Morgan fingerprint density at radius 3 is 2.41 bits per heavy atom. The van der Waals surface area contributed by atoms with Gasteiger partial charge in [-0.05, 0) is 65.7 Å². The molecule has 9 heteroatoms. The van der Waals surface area contributed by atoms with Crippen LogP contribution < -0.4 is 20.2 Å². The molecule has 0 atom stereocenters. The van der Waals surface area contributed by atoms with E-state index in [1.54, 1.807) is 55.5 Å². The summed E-state index contributed by atoms with van der Waals surface area (Å²) in [5.41, 5.74) is 4.04. The first-order valence-electron chi connectivity index (χ1n) is 11.1. The Morgan fingerprint density at radius 1 is 0.892 bits per heavy atom. The number of nitrogens with one attached hydrogen (secondary N) is 2. The molecule has 8 nitrogen and oxygen atoms in total. The number of rotatable bonds is 6. The third kappa shape index (κ3) is 5.94. The van der Waals surface area contributed by atoms with E-state index >= 15 is 0 Å². The molecular weight excluding hydrogens is 494 g/mol. The molecule has 0 unspecified atom stereocenters. The fraction of sp³-hybridized carbons (Fsp3) is 0.0714. The van der Waals surface area contributed by atoms with Gasteiger partial charge in [-0.1, -0.05) is 48.0 Å². The fourth-order valence-corrected chi connectivity index (χ4v) is 3.69. The van der Waals surface area contributed by atoms with Crippen molar-refractivity contribution in [1.29, 1.82) is 0 Å². The summed E-state index contributed by atoms with van der Waals surface area (Å²) in [6, 6.07) is 22.3. The van der Waals surface area contributed by atoms with Gasteiger partial charge in [0.1, 0.15) is 11.5 Å². The minimum atomic E-state index is -0.979. The van der Waals surface area contributed by atoms with E-state index < -0.39 is 17.8 Å². The van der Waals surface area contributed by atoms with Crippen molar-refractivity contribution >= 4 is 52.1 Å². The van der Waals surface area contributed by atoms with Crippen LogP contribution in [0.2, 0.25) is 5.02 Å². The molecule has 2 N–H and O–H groups in total. The third-order valence-corrected chi connectivity index (χ3v) is 5.95. The first kappa shape index (κ1) is 25.4. The Bertz CT molecular complexity index is 1520. The Morgan fingerprint density at radius 2 is 1.65 bits per heavy atom. The minimum Gasteiger partial charge on any atom is -0.497 e. The second-order valence-electron chi connectivity index (χ2n) is 7.88. The monoisotopic (exact) mass is 515 g/mol. The summed E-state index contributed by atoms with van der Waals surface area (Å²) in [6.07, 6.45) is 1.33. The minimum absolute atomic E-state index is 0.233. The number of methoxy groups -OCH3 is 1. The van der Waals surface area contributed by atoms with Crippen molar-refractivity contribution in [2.45, 2.75) is 6.92 Å². The number of hydrazone groups is 1. The van der Waals surface area contributed by atoms with E-state index in [0.717, 1.165) is 10.8 Å². The Labute approximate surface area is 217 Å². The Hall–Kier alpha value is -4.69. The molecule has 4 aromatic rings. The molecule has 0 aliphatic heterocycles. The molecule has 37 heavy (non-hydrogen) atoms. The highest BCUT2D eigenvalue weighted by atomic mass is 35.5. The molecule has 0 radical (unpaired) electrons. The van der Waals surface area contributed by atoms with E-state index in [0.29, 0.717) is 33.1 Å². The summed E-state index contributed by atoms with van der Waals surface area (Å²) < 4.78 is 10.8. The van der Waals surface area contributed by atoms with Crippen LogP contribution in [0, 0.1) is 6.92 Å². The number of fused-ring (bicyclic) bond motifs is 1. The van der Waals surface area contributed by atoms with Gasteiger partial charge in [-0.3, -0.25) is 9.59 Å². The zero-order valence-corrected chi connectivity index (χ0v) is 20.7. The van der Waals surface area contributed by atoms with E-state index in [4.69, 9.17) is 21.1 Å². The first-order valence-corrected chi connectivity index (χ1v) is 11.5. The highest BCUT2D eigenvalue weighted by Crippen LogP contribution is 2.28. The number of benzene rings is 4. The molecule has 0 saturated heterocycles. The average molecular weight is 516 g/mol. The van der Waals surface area contributed by atoms with Crippen LogP contribution in [0.25, 0.3) is 10.8 Å². The largest absolute Gasteiger partial charge is 0.497 e. The van der Waals surface area contributed by atoms with Crippen molar-refractivity contribution in [3.63, 3.8) is 0 Å². The van der Waals surface area contributed by atoms with Gasteiger partial charge in [0.25, 0.3) is 0 Å². The number of esters is 1. The van der Waals surface area contributed by atoms with Crippen LogP contribution in [0.1, 0.15) is 21.5 Å². The molecule has 0 spiro atoms. The van der Waals surface area contributed by atoms with Crippen LogP contribution in [-0.2, 0) is 9.59 Å². The second kappa shape index (κ2) is 11.4. The highest BCUT2D eigenvalue weighted by molar-refractivity contribution is 6.40. The molecule has 0 fully saturated rings. The quantitative estimate of drug-likeness (QED) is 0.122. The Kier molecular flexibility index (Phi) is 7.80. The van der Waals surface area contributed by atoms with E-state index in [-0.39, 0.29) is 5.75 Å². The smallest absolute Gasteiger partial charge is 0.343 e. The molecular formula is C28H22ClN3O5. The summed E-state index contributed by atoms with van der Waals surface area (Å²) in [7, 11) is 1.54. The zero-order chi connectivity index (χ0) is 26.4. The summed E-state index contributed by atoms with van der Waals surface area (Å²) in [5.74, 6) is -1.62. The average Bonchev–Trinajstić information content (AvgIpc) is 2.92. The number of hydrogen-bond donors (Lipinski definition) is 2. The van der Waals surface area contributed by atoms with Crippen LogP contribution in [-0.4, -0.2) is 31.1 Å². The second-order valence-corrected chi connectivity index (χ2v) is 8.29. The maximum Gasteiger partial charge on any atom is 0.343 e. The number of halogens is 1. The number of anilines is 1. The number of nitrogens with zero attached hydrogens (tertiary/aromatic N) is 1. The highest BCUT2D eigenvalue weighted by Gasteiger charge is 2.16. The number of carbonyl (C=O) groups is 3.